The van der Waals surface area contributed by atoms with Crippen molar-refractivity contribution in [2.45, 2.75) is 19.1 Å². The van der Waals surface area contributed by atoms with Crippen molar-refractivity contribution in [3.05, 3.63) is 65.2 Å². The van der Waals surface area contributed by atoms with Crippen molar-refractivity contribution >= 4 is 5.97 Å². The van der Waals surface area contributed by atoms with Gasteiger partial charge in [0, 0.05) is 0 Å². The van der Waals surface area contributed by atoms with Crippen LogP contribution in [-0.4, -0.2) is 17.1 Å². The molecule has 2 aromatic rings. The molecule has 2 rings (SSSR count). The second-order valence-corrected chi connectivity index (χ2v) is 4.78. The van der Waals surface area contributed by atoms with Crippen LogP contribution < -0.4 is 10.5 Å². The zero-order valence-electron chi connectivity index (χ0n) is 11.6. The van der Waals surface area contributed by atoms with E-state index in [1.165, 1.54) is 6.07 Å². The molecule has 0 spiro atoms. The van der Waals surface area contributed by atoms with Crippen LogP contribution in [-0.2, 0) is 17.8 Å². The van der Waals surface area contributed by atoms with Crippen molar-refractivity contribution in [1.29, 1.82) is 0 Å². The molecule has 2 aromatic carbocycles. The summed E-state index contributed by atoms with van der Waals surface area (Å²) in [7, 11) is 0. The van der Waals surface area contributed by atoms with Gasteiger partial charge in [-0.05, 0) is 36.2 Å². The second-order valence-electron chi connectivity index (χ2n) is 4.78. The van der Waals surface area contributed by atoms with Crippen molar-refractivity contribution in [3.63, 3.8) is 0 Å². The van der Waals surface area contributed by atoms with Crippen molar-refractivity contribution in [2.24, 2.45) is 5.73 Å². The minimum atomic E-state index is -1.07. The van der Waals surface area contributed by atoms with Gasteiger partial charge in [-0.25, -0.2) is 8.78 Å². The smallest absolute Gasteiger partial charge is 0.320 e. The van der Waals surface area contributed by atoms with Gasteiger partial charge in [0.15, 0.2) is 0 Å². The zero-order chi connectivity index (χ0) is 16.1. The molecule has 1 atom stereocenters. The quantitative estimate of drug-likeness (QED) is 0.860. The number of hydrogen-bond acceptors (Lipinski definition) is 3. The highest BCUT2D eigenvalue weighted by atomic mass is 19.1. The van der Waals surface area contributed by atoms with E-state index in [2.05, 4.69) is 0 Å². The summed E-state index contributed by atoms with van der Waals surface area (Å²) >= 11 is 0. The predicted molar refractivity (Wildman–Crippen MR) is 76.4 cm³/mol. The first kappa shape index (κ1) is 15.9. The number of carboxylic acids is 1. The van der Waals surface area contributed by atoms with Gasteiger partial charge in [-0.15, -0.1) is 0 Å². The van der Waals surface area contributed by atoms with E-state index in [0.29, 0.717) is 5.75 Å². The lowest BCUT2D eigenvalue weighted by molar-refractivity contribution is -0.138. The van der Waals surface area contributed by atoms with Gasteiger partial charge in [-0.1, -0.05) is 18.2 Å². The second kappa shape index (κ2) is 7.00. The van der Waals surface area contributed by atoms with Crippen molar-refractivity contribution in [1.82, 2.24) is 0 Å². The largest absolute Gasteiger partial charge is 0.489 e. The van der Waals surface area contributed by atoms with Crippen LogP contribution in [0.25, 0.3) is 0 Å². The molecule has 0 aliphatic carbocycles. The normalized spacial score (nSPS) is 12.0. The molecule has 0 bridgehead atoms. The van der Waals surface area contributed by atoms with E-state index in [9.17, 15) is 13.6 Å². The van der Waals surface area contributed by atoms with Crippen LogP contribution in [0.4, 0.5) is 8.78 Å². The Bertz CT molecular complexity index is 639. The standard InChI is InChI=1S/C16H15F2NO3/c17-13-2-1-3-14(18)12(13)9-22-11-6-4-10(5-7-11)8-15(19)16(20)21/h1-7,15H,8-9,19H2,(H,20,21)/t15-/m0/s1. The molecule has 0 saturated carbocycles. The molecule has 6 heteroatoms. The third kappa shape index (κ3) is 4.02. The molecule has 0 aliphatic rings. The molecular weight excluding hydrogens is 292 g/mol. The molecule has 0 amide bonds. The maximum atomic E-state index is 13.4. The highest BCUT2D eigenvalue weighted by molar-refractivity contribution is 5.73. The molecule has 0 aromatic heterocycles. The molecule has 0 heterocycles. The fourth-order valence-corrected chi connectivity index (χ4v) is 1.89. The predicted octanol–water partition coefficient (Wildman–Crippen LogP) is 2.50. The minimum Gasteiger partial charge on any atom is -0.489 e. The summed E-state index contributed by atoms with van der Waals surface area (Å²) in [6.07, 6.45) is 0.192. The molecule has 116 valence electrons. The number of aliphatic carboxylic acids is 1. The van der Waals surface area contributed by atoms with Gasteiger partial charge in [0.05, 0.1) is 5.56 Å². The molecule has 22 heavy (non-hydrogen) atoms. The molecule has 0 unspecified atom stereocenters. The van der Waals surface area contributed by atoms with Gasteiger partial charge in [0.25, 0.3) is 0 Å². The summed E-state index contributed by atoms with van der Waals surface area (Å²) in [4.78, 5) is 10.7. The van der Waals surface area contributed by atoms with Crippen LogP contribution in [0, 0.1) is 11.6 Å². The number of carbonyl (C=O) groups is 1. The number of benzene rings is 2. The molecule has 0 saturated heterocycles. The monoisotopic (exact) mass is 307 g/mol. The Hall–Kier alpha value is -2.47. The Balaban J connectivity index is 1.98. The van der Waals surface area contributed by atoms with Gasteiger partial charge in [-0.3, -0.25) is 4.79 Å². The first-order valence-corrected chi connectivity index (χ1v) is 6.60. The molecule has 0 fully saturated rings. The highest BCUT2D eigenvalue weighted by Crippen LogP contribution is 2.18. The SMILES string of the molecule is N[C@@H](Cc1ccc(OCc2c(F)cccc2F)cc1)C(=O)O. The van der Waals surface area contributed by atoms with Crippen LogP contribution in [0.1, 0.15) is 11.1 Å². The summed E-state index contributed by atoms with van der Waals surface area (Å²) in [5.41, 5.74) is 6.04. The summed E-state index contributed by atoms with van der Waals surface area (Å²) in [6, 6.07) is 9.17. The number of ether oxygens (including phenoxy) is 1. The van der Waals surface area contributed by atoms with Crippen molar-refractivity contribution in [3.8, 4) is 5.75 Å². The van der Waals surface area contributed by atoms with E-state index >= 15 is 0 Å². The van der Waals surface area contributed by atoms with E-state index < -0.39 is 23.6 Å². The molecule has 4 nitrogen and oxygen atoms in total. The Kier molecular flexibility index (Phi) is 5.06. The fourth-order valence-electron chi connectivity index (χ4n) is 1.89. The number of rotatable bonds is 6. The van der Waals surface area contributed by atoms with Gasteiger partial charge in [0.1, 0.15) is 30.0 Å². The van der Waals surface area contributed by atoms with E-state index in [-0.39, 0.29) is 18.6 Å². The van der Waals surface area contributed by atoms with Crippen LogP contribution in [0.2, 0.25) is 0 Å². The number of nitrogens with two attached hydrogens (primary N) is 1. The van der Waals surface area contributed by atoms with E-state index in [1.807, 2.05) is 0 Å². The Morgan fingerprint density at radius 1 is 1.14 bits per heavy atom. The van der Waals surface area contributed by atoms with E-state index in [1.54, 1.807) is 24.3 Å². The third-order valence-corrected chi connectivity index (χ3v) is 3.14. The molecule has 3 N–H and O–H groups in total. The Labute approximate surface area is 126 Å². The molecular formula is C16H15F2NO3. The van der Waals surface area contributed by atoms with E-state index in [0.717, 1.165) is 17.7 Å². The molecule has 0 radical (unpaired) electrons. The summed E-state index contributed by atoms with van der Waals surface area (Å²) in [5.74, 6) is -1.97. The average molecular weight is 307 g/mol. The Morgan fingerprint density at radius 2 is 1.73 bits per heavy atom. The zero-order valence-corrected chi connectivity index (χ0v) is 11.6. The number of halogens is 2. The van der Waals surface area contributed by atoms with Crippen LogP contribution in [0.3, 0.4) is 0 Å². The maximum absolute atomic E-state index is 13.4. The first-order valence-electron chi connectivity index (χ1n) is 6.60. The number of hydrogen-bond donors (Lipinski definition) is 2. The summed E-state index contributed by atoms with van der Waals surface area (Å²) in [5, 5.41) is 8.74. The van der Waals surface area contributed by atoms with Crippen molar-refractivity contribution < 1.29 is 23.4 Å². The van der Waals surface area contributed by atoms with Crippen molar-refractivity contribution in [2.75, 3.05) is 0 Å². The maximum Gasteiger partial charge on any atom is 0.320 e. The summed E-state index contributed by atoms with van der Waals surface area (Å²) in [6.45, 7) is -0.230. The fraction of sp³-hybridized carbons (Fsp3) is 0.188. The first-order chi connectivity index (χ1) is 10.5. The summed E-state index contributed by atoms with van der Waals surface area (Å²) < 4.78 is 32.2. The lowest BCUT2D eigenvalue weighted by atomic mass is 10.1. The van der Waals surface area contributed by atoms with Gasteiger partial charge >= 0.3 is 5.97 Å². The van der Waals surface area contributed by atoms with Crippen LogP contribution >= 0.6 is 0 Å². The minimum absolute atomic E-state index is 0.139. The highest BCUT2D eigenvalue weighted by Gasteiger charge is 2.12. The lowest BCUT2D eigenvalue weighted by Gasteiger charge is -2.10. The lowest BCUT2D eigenvalue weighted by Crippen LogP contribution is -2.32. The average Bonchev–Trinajstić information content (AvgIpc) is 2.48. The van der Waals surface area contributed by atoms with Gasteiger partial charge in [-0.2, -0.15) is 0 Å². The van der Waals surface area contributed by atoms with Gasteiger partial charge < -0.3 is 15.6 Å². The van der Waals surface area contributed by atoms with E-state index in [4.69, 9.17) is 15.6 Å². The third-order valence-electron chi connectivity index (χ3n) is 3.14. The Morgan fingerprint density at radius 3 is 2.27 bits per heavy atom. The molecule has 0 aliphatic heterocycles. The van der Waals surface area contributed by atoms with Gasteiger partial charge in [0.2, 0.25) is 0 Å². The number of carboxylic acid groups (broad SMARTS) is 1. The van der Waals surface area contributed by atoms with Crippen LogP contribution in [0.5, 0.6) is 5.75 Å². The topological polar surface area (TPSA) is 72.5 Å². The van der Waals surface area contributed by atoms with Crippen LogP contribution in [0.15, 0.2) is 42.5 Å².